The van der Waals surface area contributed by atoms with E-state index in [9.17, 15) is 19.2 Å². The number of hydrogen-bond donors (Lipinski definition) is 1. The molecule has 6 nitrogen and oxygen atoms in total. The summed E-state index contributed by atoms with van der Waals surface area (Å²) in [5.41, 5.74) is 1.11. The lowest BCUT2D eigenvalue weighted by Gasteiger charge is -2.19. The molecule has 1 N–H and O–H groups in total. The van der Waals surface area contributed by atoms with E-state index in [4.69, 9.17) is 16.3 Å². The van der Waals surface area contributed by atoms with Crippen molar-refractivity contribution in [3.63, 3.8) is 0 Å². The van der Waals surface area contributed by atoms with Crippen LogP contribution in [0.5, 0.6) is 0 Å². The maximum atomic E-state index is 12.8. The van der Waals surface area contributed by atoms with E-state index in [0.29, 0.717) is 16.0 Å². The third kappa shape index (κ3) is 3.57. The minimum atomic E-state index is -0.619. The molecule has 0 radical (unpaired) electrons. The minimum Gasteiger partial charge on any atom is -0.451 e. The van der Waals surface area contributed by atoms with Crippen molar-refractivity contribution in [1.82, 2.24) is 0 Å². The third-order valence-electron chi connectivity index (χ3n) is 4.34. The molecule has 0 fully saturated rings. The summed E-state index contributed by atoms with van der Waals surface area (Å²) in [4.78, 5) is 49.8. The molecule has 8 heteroatoms. The van der Waals surface area contributed by atoms with Gasteiger partial charge in [-0.2, -0.15) is 0 Å². The average molecular weight is 426 g/mol. The number of ether oxygens (including phenoxy) is 1. The van der Waals surface area contributed by atoms with Crippen LogP contribution < -0.4 is 5.32 Å². The quantitative estimate of drug-likeness (QED) is 0.499. The molecule has 144 valence electrons. The first-order valence-corrected chi connectivity index (χ1v) is 9.74. The summed E-state index contributed by atoms with van der Waals surface area (Å²) in [6, 6.07) is 12.5. The lowest BCUT2D eigenvalue weighted by Crippen LogP contribution is -2.23. The Balaban J connectivity index is 1.54. The number of thiophene rings is 1. The van der Waals surface area contributed by atoms with Gasteiger partial charge in [-0.1, -0.05) is 41.9 Å². The largest absolute Gasteiger partial charge is 0.451 e. The number of benzene rings is 2. The van der Waals surface area contributed by atoms with E-state index in [1.807, 2.05) is 0 Å². The van der Waals surface area contributed by atoms with Crippen molar-refractivity contribution in [3.05, 3.63) is 86.1 Å². The molecule has 2 aromatic carbocycles. The monoisotopic (exact) mass is 425 g/mol. The van der Waals surface area contributed by atoms with Crippen LogP contribution in [-0.4, -0.2) is 30.0 Å². The van der Waals surface area contributed by atoms with E-state index in [0.717, 1.165) is 0 Å². The minimum absolute atomic E-state index is 0.0993. The van der Waals surface area contributed by atoms with Crippen LogP contribution in [0.4, 0.5) is 5.69 Å². The Hall–Kier alpha value is -3.29. The number of nitrogens with one attached hydrogen (secondary N) is 1. The van der Waals surface area contributed by atoms with Crippen molar-refractivity contribution >= 4 is 52.1 Å². The molecule has 1 aliphatic carbocycles. The van der Waals surface area contributed by atoms with Crippen molar-refractivity contribution in [1.29, 1.82) is 0 Å². The maximum Gasteiger partial charge on any atom is 0.348 e. The van der Waals surface area contributed by atoms with Crippen LogP contribution in [0.2, 0.25) is 5.02 Å². The Bertz CT molecular complexity index is 1170. The Labute approximate surface area is 174 Å². The summed E-state index contributed by atoms with van der Waals surface area (Å²) in [6.07, 6.45) is 0. The number of rotatable bonds is 4. The van der Waals surface area contributed by atoms with Gasteiger partial charge in [0.2, 0.25) is 0 Å². The highest BCUT2D eigenvalue weighted by Gasteiger charge is 2.30. The molecule has 1 heterocycles. The average Bonchev–Trinajstić information content (AvgIpc) is 3.26. The van der Waals surface area contributed by atoms with Crippen molar-refractivity contribution in [2.75, 3.05) is 11.9 Å². The van der Waals surface area contributed by atoms with E-state index in [2.05, 4.69) is 5.32 Å². The number of amides is 1. The van der Waals surface area contributed by atoms with Crippen molar-refractivity contribution in [2.45, 2.75) is 0 Å². The summed E-state index contributed by atoms with van der Waals surface area (Å²) in [7, 11) is 0. The lowest BCUT2D eigenvalue weighted by atomic mass is 9.84. The number of ketones is 2. The van der Waals surface area contributed by atoms with E-state index in [1.54, 1.807) is 41.8 Å². The van der Waals surface area contributed by atoms with Gasteiger partial charge in [-0.25, -0.2) is 4.79 Å². The van der Waals surface area contributed by atoms with Gasteiger partial charge in [-0.05, 0) is 23.6 Å². The summed E-state index contributed by atoms with van der Waals surface area (Å²) >= 11 is 7.41. The summed E-state index contributed by atoms with van der Waals surface area (Å²) in [5.74, 6) is -1.86. The van der Waals surface area contributed by atoms with Gasteiger partial charge < -0.3 is 10.1 Å². The second-order valence-electron chi connectivity index (χ2n) is 6.18. The van der Waals surface area contributed by atoms with Crippen LogP contribution in [0.25, 0.3) is 0 Å². The van der Waals surface area contributed by atoms with E-state index in [1.165, 1.54) is 23.5 Å². The molecule has 0 saturated heterocycles. The van der Waals surface area contributed by atoms with Gasteiger partial charge in [0, 0.05) is 22.3 Å². The predicted molar refractivity (Wildman–Crippen MR) is 108 cm³/mol. The second-order valence-corrected chi connectivity index (χ2v) is 7.54. The molecule has 1 aliphatic rings. The second kappa shape index (κ2) is 7.62. The SMILES string of the molecule is O=C(COC(=O)c1cccs1)Nc1cc2c(cc1Cl)C(=O)c1ccccc1C2=O. The third-order valence-corrected chi connectivity index (χ3v) is 5.51. The number of halogens is 1. The van der Waals surface area contributed by atoms with Crippen molar-refractivity contribution < 1.29 is 23.9 Å². The van der Waals surface area contributed by atoms with Crippen LogP contribution in [0, 0.1) is 0 Å². The maximum absolute atomic E-state index is 12.8. The molecular weight excluding hydrogens is 414 g/mol. The Morgan fingerprint density at radius 1 is 0.931 bits per heavy atom. The van der Waals surface area contributed by atoms with Crippen LogP contribution in [-0.2, 0) is 9.53 Å². The van der Waals surface area contributed by atoms with E-state index >= 15 is 0 Å². The lowest BCUT2D eigenvalue weighted by molar-refractivity contribution is -0.119. The zero-order valence-corrected chi connectivity index (χ0v) is 16.3. The fourth-order valence-corrected chi connectivity index (χ4v) is 3.82. The zero-order chi connectivity index (χ0) is 20.5. The molecule has 0 aliphatic heterocycles. The van der Waals surface area contributed by atoms with Crippen molar-refractivity contribution in [2.24, 2.45) is 0 Å². The zero-order valence-electron chi connectivity index (χ0n) is 14.7. The number of esters is 1. The molecular formula is C21H12ClNO5S. The number of hydrogen-bond acceptors (Lipinski definition) is 6. The van der Waals surface area contributed by atoms with Gasteiger partial charge in [-0.3, -0.25) is 14.4 Å². The molecule has 1 aromatic heterocycles. The molecule has 0 bridgehead atoms. The highest BCUT2D eigenvalue weighted by molar-refractivity contribution is 7.11. The van der Waals surface area contributed by atoms with E-state index < -0.39 is 18.5 Å². The molecule has 29 heavy (non-hydrogen) atoms. The van der Waals surface area contributed by atoms with Crippen molar-refractivity contribution in [3.8, 4) is 0 Å². The Kier molecular flexibility index (Phi) is 5.00. The van der Waals surface area contributed by atoms with Gasteiger partial charge in [-0.15, -0.1) is 11.3 Å². The first-order valence-electron chi connectivity index (χ1n) is 8.48. The van der Waals surface area contributed by atoms with Gasteiger partial charge in [0.05, 0.1) is 10.7 Å². The van der Waals surface area contributed by atoms with E-state index in [-0.39, 0.29) is 33.4 Å². The van der Waals surface area contributed by atoms with Gasteiger partial charge in [0.15, 0.2) is 18.2 Å². The van der Waals surface area contributed by atoms with Gasteiger partial charge >= 0.3 is 5.97 Å². The summed E-state index contributed by atoms with van der Waals surface area (Å²) < 4.78 is 4.95. The Morgan fingerprint density at radius 2 is 1.59 bits per heavy atom. The normalized spacial score (nSPS) is 12.2. The molecule has 0 saturated carbocycles. The fraction of sp³-hybridized carbons (Fsp3) is 0.0476. The first kappa shape index (κ1) is 19.0. The van der Waals surface area contributed by atoms with Crippen LogP contribution in [0.15, 0.2) is 53.9 Å². The highest BCUT2D eigenvalue weighted by atomic mass is 35.5. The molecule has 1 amide bonds. The summed E-state index contributed by atoms with van der Waals surface area (Å²) in [6.45, 7) is -0.514. The molecule has 4 rings (SSSR count). The standard InChI is InChI=1S/C21H12ClNO5S/c22-15-8-13-14(20(26)12-5-2-1-4-11(12)19(13)25)9-16(15)23-18(24)10-28-21(27)17-6-3-7-29-17/h1-9H,10H2,(H,23,24). The number of anilines is 1. The first-order chi connectivity index (χ1) is 14.0. The number of carbonyl (C=O) groups is 4. The van der Waals surface area contributed by atoms with Gasteiger partial charge in [0.1, 0.15) is 4.88 Å². The highest BCUT2D eigenvalue weighted by Crippen LogP contribution is 2.33. The van der Waals surface area contributed by atoms with Crippen LogP contribution in [0.3, 0.4) is 0 Å². The number of fused-ring (bicyclic) bond motifs is 2. The summed E-state index contributed by atoms with van der Waals surface area (Å²) in [5, 5.41) is 4.33. The predicted octanol–water partition coefficient (Wildman–Crippen LogP) is 3.97. The topological polar surface area (TPSA) is 89.5 Å². The fourth-order valence-electron chi connectivity index (χ4n) is 3.00. The smallest absolute Gasteiger partial charge is 0.348 e. The molecule has 0 spiro atoms. The van der Waals surface area contributed by atoms with Crippen LogP contribution >= 0.6 is 22.9 Å². The molecule has 0 atom stereocenters. The molecule has 3 aromatic rings. The Morgan fingerprint density at radius 3 is 2.21 bits per heavy atom. The van der Waals surface area contributed by atoms with Gasteiger partial charge in [0.25, 0.3) is 5.91 Å². The number of carbonyl (C=O) groups excluding carboxylic acids is 4. The van der Waals surface area contributed by atoms with Crippen LogP contribution in [0.1, 0.15) is 41.5 Å². The molecule has 0 unspecified atom stereocenters.